The number of aryl methyl sites for hydroxylation is 1. The lowest BCUT2D eigenvalue weighted by Gasteiger charge is -2.17. The molecule has 2 rings (SSSR count). The molecule has 4 heteroatoms. The first-order chi connectivity index (χ1) is 8.59. The van der Waals surface area contributed by atoms with Gasteiger partial charge in [-0.05, 0) is 12.8 Å². The molecule has 0 aliphatic carbocycles. The molecule has 1 heterocycles. The average molecular weight is 244 g/mol. The number of hydrogen-bond donors (Lipinski definition) is 2. The summed E-state index contributed by atoms with van der Waals surface area (Å²) in [7, 11) is 0. The number of anilines is 1. The highest BCUT2D eigenvalue weighted by Gasteiger charge is 2.10. The first-order valence-electron chi connectivity index (χ1n) is 6.31. The van der Waals surface area contributed by atoms with Crippen LogP contribution in [0.3, 0.4) is 0 Å². The maximum absolute atomic E-state index is 6.03. The minimum atomic E-state index is 0.117. The molecular weight excluding hydrogens is 224 g/mol. The van der Waals surface area contributed by atoms with Gasteiger partial charge < -0.3 is 11.1 Å². The van der Waals surface area contributed by atoms with Gasteiger partial charge in [0.15, 0.2) is 5.82 Å². The number of hydrogen-bond acceptors (Lipinski definition) is 4. The zero-order valence-corrected chi connectivity index (χ0v) is 11.1. The lowest BCUT2D eigenvalue weighted by molar-refractivity contribution is 0.511. The Balaban J connectivity index is 2.26. The third-order valence-electron chi connectivity index (χ3n) is 3.23. The largest absolute Gasteiger partial charge is 0.366 e. The summed E-state index contributed by atoms with van der Waals surface area (Å²) in [5.41, 5.74) is 6.98. The molecule has 3 N–H and O–H groups in total. The molecule has 1 aromatic heterocycles. The second-order valence-corrected chi connectivity index (χ2v) is 4.97. The van der Waals surface area contributed by atoms with E-state index in [-0.39, 0.29) is 6.04 Å². The van der Waals surface area contributed by atoms with Crippen LogP contribution in [0.15, 0.2) is 24.3 Å². The number of nitrogens with one attached hydrogen (secondary N) is 1. The van der Waals surface area contributed by atoms with Crippen LogP contribution < -0.4 is 11.1 Å². The highest BCUT2D eigenvalue weighted by Crippen LogP contribution is 2.22. The van der Waals surface area contributed by atoms with Crippen LogP contribution in [0.25, 0.3) is 10.8 Å². The molecule has 0 fully saturated rings. The van der Waals surface area contributed by atoms with E-state index < -0.39 is 0 Å². The van der Waals surface area contributed by atoms with E-state index in [9.17, 15) is 0 Å². The Bertz CT molecular complexity index is 536. The molecule has 0 aliphatic rings. The Morgan fingerprint density at radius 1 is 1.17 bits per heavy atom. The SMILES string of the molecule is Cc1nnc(NCC(N)C(C)C)c2ccccc12. The summed E-state index contributed by atoms with van der Waals surface area (Å²) >= 11 is 0. The number of nitrogens with zero attached hydrogens (tertiary/aromatic N) is 2. The quantitative estimate of drug-likeness (QED) is 0.866. The van der Waals surface area contributed by atoms with Crippen molar-refractivity contribution in [2.45, 2.75) is 26.8 Å². The van der Waals surface area contributed by atoms with Crippen molar-refractivity contribution in [1.82, 2.24) is 10.2 Å². The van der Waals surface area contributed by atoms with Crippen molar-refractivity contribution in [3.05, 3.63) is 30.0 Å². The Morgan fingerprint density at radius 2 is 1.83 bits per heavy atom. The number of aromatic nitrogens is 2. The first kappa shape index (κ1) is 12.8. The minimum absolute atomic E-state index is 0.117. The Labute approximate surface area is 108 Å². The van der Waals surface area contributed by atoms with Crippen LogP contribution in [0.1, 0.15) is 19.5 Å². The second-order valence-electron chi connectivity index (χ2n) is 4.97. The molecule has 0 amide bonds. The molecule has 0 spiro atoms. The van der Waals surface area contributed by atoms with Crippen molar-refractivity contribution in [3.8, 4) is 0 Å². The highest BCUT2D eigenvalue weighted by atomic mass is 15.2. The Morgan fingerprint density at radius 3 is 2.50 bits per heavy atom. The van der Waals surface area contributed by atoms with E-state index in [2.05, 4.69) is 41.5 Å². The van der Waals surface area contributed by atoms with Crippen molar-refractivity contribution in [2.24, 2.45) is 11.7 Å². The number of nitrogens with two attached hydrogens (primary N) is 1. The number of rotatable bonds is 4. The predicted octanol–water partition coefficient (Wildman–Crippen LogP) is 2.33. The van der Waals surface area contributed by atoms with Gasteiger partial charge in [0.05, 0.1) is 5.69 Å². The summed E-state index contributed by atoms with van der Waals surface area (Å²) in [6.07, 6.45) is 0. The highest BCUT2D eigenvalue weighted by molar-refractivity contribution is 5.92. The van der Waals surface area contributed by atoms with E-state index in [4.69, 9.17) is 5.73 Å². The third-order valence-corrected chi connectivity index (χ3v) is 3.23. The summed E-state index contributed by atoms with van der Waals surface area (Å²) in [6.45, 7) is 6.91. The third kappa shape index (κ3) is 2.59. The van der Waals surface area contributed by atoms with Gasteiger partial charge in [0.25, 0.3) is 0 Å². The minimum Gasteiger partial charge on any atom is -0.366 e. The van der Waals surface area contributed by atoms with Crippen LogP contribution >= 0.6 is 0 Å². The van der Waals surface area contributed by atoms with E-state index in [1.165, 1.54) is 0 Å². The predicted molar refractivity (Wildman–Crippen MR) is 75.6 cm³/mol. The van der Waals surface area contributed by atoms with Crippen molar-refractivity contribution < 1.29 is 0 Å². The van der Waals surface area contributed by atoms with Crippen LogP contribution in [0, 0.1) is 12.8 Å². The zero-order chi connectivity index (χ0) is 13.1. The smallest absolute Gasteiger partial charge is 0.156 e. The maximum atomic E-state index is 6.03. The molecule has 1 unspecified atom stereocenters. The zero-order valence-electron chi connectivity index (χ0n) is 11.1. The molecular formula is C14H20N4. The van der Waals surface area contributed by atoms with Crippen molar-refractivity contribution in [3.63, 3.8) is 0 Å². The molecule has 0 bridgehead atoms. The van der Waals surface area contributed by atoms with Gasteiger partial charge in [-0.15, -0.1) is 5.10 Å². The van der Waals surface area contributed by atoms with Crippen molar-refractivity contribution >= 4 is 16.6 Å². The molecule has 0 aliphatic heterocycles. The molecule has 2 aromatic rings. The van der Waals surface area contributed by atoms with E-state index >= 15 is 0 Å². The molecule has 18 heavy (non-hydrogen) atoms. The number of benzene rings is 1. The molecule has 96 valence electrons. The fourth-order valence-electron chi connectivity index (χ4n) is 1.82. The fourth-order valence-corrected chi connectivity index (χ4v) is 1.82. The Hall–Kier alpha value is -1.68. The molecule has 0 saturated carbocycles. The van der Waals surface area contributed by atoms with E-state index in [0.29, 0.717) is 12.5 Å². The summed E-state index contributed by atoms with van der Waals surface area (Å²) in [6, 6.07) is 8.26. The van der Waals surface area contributed by atoms with Gasteiger partial charge in [-0.2, -0.15) is 5.10 Å². The van der Waals surface area contributed by atoms with Gasteiger partial charge in [0.2, 0.25) is 0 Å². The average Bonchev–Trinajstić information content (AvgIpc) is 2.38. The Kier molecular flexibility index (Phi) is 3.77. The topological polar surface area (TPSA) is 63.8 Å². The van der Waals surface area contributed by atoms with Crippen LogP contribution in [0.4, 0.5) is 5.82 Å². The maximum Gasteiger partial charge on any atom is 0.156 e. The normalized spacial score (nSPS) is 12.9. The standard InChI is InChI=1S/C14H20N4/c1-9(2)13(15)8-16-14-12-7-5-4-6-11(12)10(3)17-18-14/h4-7,9,13H,8,15H2,1-3H3,(H,16,18). The summed E-state index contributed by atoms with van der Waals surface area (Å²) in [5.74, 6) is 1.26. The van der Waals surface area contributed by atoms with Gasteiger partial charge in [0, 0.05) is 23.4 Å². The van der Waals surface area contributed by atoms with E-state index in [1.807, 2.05) is 19.1 Å². The molecule has 1 atom stereocenters. The van der Waals surface area contributed by atoms with Gasteiger partial charge >= 0.3 is 0 Å². The van der Waals surface area contributed by atoms with Crippen LogP contribution in [-0.2, 0) is 0 Å². The van der Waals surface area contributed by atoms with Crippen LogP contribution in [0.5, 0.6) is 0 Å². The summed E-state index contributed by atoms with van der Waals surface area (Å²) in [4.78, 5) is 0. The van der Waals surface area contributed by atoms with Gasteiger partial charge in [-0.1, -0.05) is 38.1 Å². The summed E-state index contributed by atoms with van der Waals surface area (Å²) < 4.78 is 0. The van der Waals surface area contributed by atoms with E-state index in [0.717, 1.165) is 22.3 Å². The van der Waals surface area contributed by atoms with Crippen molar-refractivity contribution in [1.29, 1.82) is 0 Å². The van der Waals surface area contributed by atoms with Crippen LogP contribution in [0.2, 0.25) is 0 Å². The fraction of sp³-hybridized carbons (Fsp3) is 0.429. The molecule has 0 saturated heterocycles. The lowest BCUT2D eigenvalue weighted by Crippen LogP contribution is -2.34. The molecule has 1 aromatic carbocycles. The molecule has 4 nitrogen and oxygen atoms in total. The van der Waals surface area contributed by atoms with Gasteiger partial charge in [-0.3, -0.25) is 0 Å². The van der Waals surface area contributed by atoms with E-state index in [1.54, 1.807) is 0 Å². The van der Waals surface area contributed by atoms with Crippen molar-refractivity contribution in [2.75, 3.05) is 11.9 Å². The van der Waals surface area contributed by atoms with Gasteiger partial charge in [-0.25, -0.2) is 0 Å². The number of fused-ring (bicyclic) bond motifs is 1. The lowest BCUT2D eigenvalue weighted by atomic mass is 10.1. The second kappa shape index (κ2) is 5.31. The van der Waals surface area contributed by atoms with Crippen LogP contribution in [-0.4, -0.2) is 22.8 Å². The first-order valence-corrected chi connectivity index (χ1v) is 6.31. The monoisotopic (exact) mass is 244 g/mol. The van der Waals surface area contributed by atoms with Gasteiger partial charge in [0.1, 0.15) is 0 Å². The summed E-state index contributed by atoms with van der Waals surface area (Å²) in [5, 5.41) is 13.9. The molecule has 0 radical (unpaired) electrons.